The summed E-state index contributed by atoms with van der Waals surface area (Å²) in [5.74, 6) is 0. The summed E-state index contributed by atoms with van der Waals surface area (Å²) in [5, 5.41) is 7.20. The Labute approximate surface area is 207 Å². The molecule has 3 rings (SSSR count). The van der Waals surface area contributed by atoms with E-state index in [9.17, 15) is 0 Å². The van der Waals surface area contributed by atoms with E-state index >= 15 is 0 Å². The lowest BCUT2D eigenvalue weighted by molar-refractivity contribution is 0.130. The van der Waals surface area contributed by atoms with Gasteiger partial charge in [0.15, 0.2) is 0 Å². The molecular formula is C28H46N6. The van der Waals surface area contributed by atoms with Crippen molar-refractivity contribution in [3.63, 3.8) is 0 Å². The Morgan fingerprint density at radius 3 is 1.26 bits per heavy atom. The number of benzene rings is 2. The third-order valence-electron chi connectivity index (χ3n) is 6.68. The van der Waals surface area contributed by atoms with Crippen LogP contribution in [0.15, 0.2) is 48.5 Å². The molecule has 0 radical (unpaired) electrons. The van der Waals surface area contributed by atoms with E-state index in [0.717, 1.165) is 26.2 Å². The molecule has 0 spiro atoms. The van der Waals surface area contributed by atoms with Crippen molar-refractivity contribution in [2.45, 2.75) is 25.9 Å². The highest BCUT2D eigenvalue weighted by atomic mass is 15.3. The van der Waals surface area contributed by atoms with Crippen LogP contribution in [0, 0.1) is 0 Å². The second-order valence-electron chi connectivity index (χ2n) is 9.87. The standard InChI is InChI=1S/C28H46N6/c1-31(2)27-11-7-25(8-12-27)23-29-15-5-17-33-19-21-34(22-20-33)18-6-16-30-24-26-9-13-28(14-10-26)32(3)4/h7-14,29-30H,5-6,15-24H2,1-4H3. The molecule has 0 aliphatic carbocycles. The van der Waals surface area contributed by atoms with Crippen molar-refractivity contribution in [3.8, 4) is 0 Å². The Morgan fingerprint density at radius 1 is 0.588 bits per heavy atom. The van der Waals surface area contributed by atoms with Gasteiger partial charge in [0.1, 0.15) is 0 Å². The zero-order valence-corrected chi connectivity index (χ0v) is 21.9. The first kappa shape index (κ1) is 26.5. The number of nitrogens with one attached hydrogen (secondary N) is 2. The summed E-state index contributed by atoms with van der Waals surface area (Å²) >= 11 is 0. The molecule has 2 N–H and O–H groups in total. The smallest absolute Gasteiger partial charge is 0.0361 e. The van der Waals surface area contributed by atoms with E-state index in [0.29, 0.717) is 0 Å². The highest BCUT2D eigenvalue weighted by molar-refractivity contribution is 5.46. The average Bonchev–Trinajstić information content (AvgIpc) is 2.85. The molecule has 2 aromatic rings. The van der Waals surface area contributed by atoms with E-state index in [1.807, 2.05) is 0 Å². The fraction of sp³-hybridized carbons (Fsp3) is 0.571. The topological polar surface area (TPSA) is 37.0 Å². The third kappa shape index (κ3) is 9.26. The molecular weight excluding hydrogens is 420 g/mol. The van der Waals surface area contributed by atoms with E-state index in [1.54, 1.807) is 0 Å². The van der Waals surface area contributed by atoms with E-state index < -0.39 is 0 Å². The van der Waals surface area contributed by atoms with Crippen LogP contribution < -0.4 is 20.4 Å². The van der Waals surface area contributed by atoms with Crippen LogP contribution in [0.1, 0.15) is 24.0 Å². The van der Waals surface area contributed by atoms with Crippen LogP contribution in [-0.4, -0.2) is 90.3 Å². The Bertz CT molecular complexity index is 725. The van der Waals surface area contributed by atoms with E-state index in [2.05, 4.69) is 107 Å². The van der Waals surface area contributed by atoms with Crippen molar-refractivity contribution in [1.29, 1.82) is 0 Å². The van der Waals surface area contributed by atoms with E-state index in [1.165, 1.54) is 74.6 Å². The predicted molar refractivity (Wildman–Crippen MR) is 147 cm³/mol. The number of piperazine rings is 1. The van der Waals surface area contributed by atoms with Gasteiger partial charge in [-0.2, -0.15) is 0 Å². The average molecular weight is 467 g/mol. The van der Waals surface area contributed by atoms with Gasteiger partial charge < -0.3 is 30.2 Å². The van der Waals surface area contributed by atoms with Gasteiger partial charge in [-0.05, 0) is 74.4 Å². The Kier molecular flexibility index (Phi) is 11.2. The van der Waals surface area contributed by atoms with Crippen molar-refractivity contribution in [1.82, 2.24) is 20.4 Å². The predicted octanol–water partition coefficient (Wildman–Crippen LogP) is 3.10. The lowest BCUT2D eigenvalue weighted by Gasteiger charge is -2.34. The van der Waals surface area contributed by atoms with Crippen molar-refractivity contribution in [3.05, 3.63) is 59.7 Å². The molecule has 1 aliphatic rings. The number of rotatable bonds is 14. The Hall–Kier alpha value is -2.12. The van der Waals surface area contributed by atoms with Crippen LogP contribution in [0.4, 0.5) is 11.4 Å². The van der Waals surface area contributed by atoms with Gasteiger partial charge in [-0.15, -0.1) is 0 Å². The molecule has 1 heterocycles. The summed E-state index contributed by atoms with van der Waals surface area (Å²) < 4.78 is 0. The minimum absolute atomic E-state index is 0.955. The van der Waals surface area contributed by atoms with Crippen molar-refractivity contribution < 1.29 is 0 Å². The van der Waals surface area contributed by atoms with Crippen molar-refractivity contribution in [2.24, 2.45) is 0 Å². The molecule has 6 nitrogen and oxygen atoms in total. The summed E-state index contributed by atoms with van der Waals surface area (Å²) in [7, 11) is 8.33. The van der Waals surface area contributed by atoms with Gasteiger partial charge in [-0.1, -0.05) is 24.3 Å². The van der Waals surface area contributed by atoms with Crippen LogP contribution in [0.3, 0.4) is 0 Å². The third-order valence-corrected chi connectivity index (χ3v) is 6.68. The maximum Gasteiger partial charge on any atom is 0.0361 e. The summed E-state index contributed by atoms with van der Waals surface area (Å²) in [6.45, 7) is 11.3. The number of hydrogen-bond donors (Lipinski definition) is 2. The molecule has 2 aromatic carbocycles. The molecule has 0 amide bonds. The normalized spacial score (nSPS) is 14.9. The quantitative estimate of drug-likeness (QED) is 0.417. The number of nitrogens with zero attached hydrogens (tertiary/aromatic N) is 4. The van der Waals surface area contributed by atoms with Crippen molar-refractivity contribution in [2.75, 3.05) is 90.3 Å². The molecule has 1 fully saturated rings. The van der Waals surface area contributed by atoms with Crippen LogP contribution >= 0.6 is 0 Å². The molecule has 0 saturated carbocycles. The molecule has 0 unspecified atom stereocenters. The minimum atomic E-state index is 0.955. The van der Waals surface area contributed by atoms with E-state index in [4.69, 9.17) is 0 Å². The largest absolute Gasteiger partial charge is 0.378 e. The first-order valence-electron chi connectivity index (χ1n) is 12.9. The van der Waals surface area contributed by atoms with Gasteiger partial charge in [0, 0.05) is 78.8 Å². The molecule has 1 aliphatic heterocycles. The van der Waals surface area contributed by atoms with Crippen LogP contribution in [-0.2, 0) is 13.1 Å². The molecule has 188 valence electrons. The second kappa shape index (κ2) is 14.3. The molecule has 0 atom stereocenters. The molecule has 34 heavy (non-hydrogen) atoms. The maximum atomic E-state index is 3.60. The summed E-state index contributed by atoms with van der Waals surface area (Å²) in [6.07, 6.45) is 2.43. The molecule has 6 heteroatoms. The first-order chi connectivity index (χ1) is 16.5. The summed E-state index contributed by atoms with van der Waals surface area (Å²) in [4.78, 5) is 9.53. The lowest BCUT2D eigenvalue weighted by atomic mass is 10.2. The number of hydrogen-bond acceptors (Lipinski definition) is 6. The minimum Gasteiger partial charge on any atom is -0.378 e. The fourth-order valence-electron chi connectivity index (χ4n) is 4.38. The monoisotopic (exact) mass is 466 g/mol. The lowest BCUT2D eigenvalue weighted by Crippen LogP contribution is -2.47. The SMILES string of the molecule is CN(C)c1ccc(CNCCCN2CCN(CCCNCc3ccc(N(C)C)cc3)CC2)cc1. The molecule has 1 saturated heterocycles. The Balaban J connectivity index is 1.17. The zero-order valence-electron chi connectivity index (χ0n) is 21.9. The van der Waals surface area contributed by atoms with Gasteiger partial charge in [0.25, 0.3) is 0 Å². The second-order valence-corrected chi connectivity index (χ2v) is 9.87. The van der Waals surface area contributed by atoms with Gasteiger partial charge in [0.2, 0.25) is 0 Å². The van der Waals surface area contributed by atoms with Crippen LogP contribution in [0.25, 0.3) is 0 Å². The van der Waals surface area contributed by atoms with Crippen LogP contribution in [0.2, 0.25) is 0 Å². The van der Waals surface area contributed by atoms with E-state index in [-0.39, 0.29) is 0 Å². The van der Waals surface area contributed by atoms with Gasteiger partial charge >= 0.3 is 0 Å². The zero-order chi connectivity index (χ0) is 24.2. The summed E-state index contributed by atoms with van der Waals surface area (Å²) in [5.41, 5.74) is 5.22. The maximum absolute atomic E-state index is 3.60. The molecule has 0 aromatic heterocycles. The van der Waals surface area contributed by atoms with Crippen molar-refractivity contribution >= 4 is 11.4 Å². The highest BCUT2D eigenvalue weighted by Gasteiger charge is 2.15. The van der Waals surface area contributed by atoms with Gasteiger partial charge in [0.05, 0.1) is 0 Å². The molecule has 0 bridgehead atoms. The highest BCUT2D eigenvalue weighted by Crippen LogP contribution is 2.13. The summed E-state index contributed by atoms with van der Waals surface area (Å²) in [6, 6.07) is 17.7. The fourth-order valence-corrected chi connectivity index (χ4v) is 4.38. The van der Waals surface area contributed by atoms with Gasteiger partial charge in [-0.3, -0.25) is 0 Å². The van der Waals surface area contributed by atoms with Crippen LogP contribution in [0.5, 0.6) is 0 Å². The Morgan fingerprint density at radius 2 is 0.941 bits per heavy atom. The van der Waals surface area contributed by atoms with Gasteiger partial charge in [-0.25, -0.2) is 0 Å². The number of anilines is 2. The first-order valence-corrected chi connectivity index (χ1v) is 12.9.